The van der Waals surface area contributed by atoms with Crippen LogP contribution in [-0.2, 0) is 22.3 Å². The molecule has 0 amide bonds. The van der Waals surface area contributed by atoms with E-state index in [1.807, 2.05) is 12.1 Å². The number of hydrogen-bond acceptors (Lipinski definition) is 7. The zero-order valence-electron chi connectivity index (χ0n) is 19.3. The van der Waals surface area contributed by atoms with Crippen molar-refractivity contribution in [1.82, 2.24) is 0 Å². The van der Waals surface area contributed by atoms with E-state index in [1.165, 1.54) is 5.56 Å². The lowest BCUT2D eigenvalue weighted by molar-refractivity contribution is -0.232. The molecule has 34 heavy (non-hydrogen) atoms. The summed E-state index contributed by atoms with van der Waals surface area (Å²) < 4.78 is 17.1. The van der Waals surface area contributed by atoms with Crippen molar-refractivity contribution in [2.24, 2.45) is 0 Å². The van der Waals surface area contributed by atoms with E-state index < -0.39 is 37.1 Å². The first kappa shape index (κ1) is 26.6. The maximum atomic E-state index is 10.7. The van der Waals surface area contributed by atoms with E-state index >= 15 is 0 Å². The topological polar surface area (TPSA) is 109 Å². The number of aliphatic hydroxyl groups is 4. The Morgan fingerprint density at radius 1 is 1.03 bits per heavy atom. The number of aryl methyl sites for hydroxylation is 1. The summed E-state index contributed by atoms with van der Waals surface area (Å²) in [5.74, 6) is 0.363. The average molecular weight is 493 g/mol. The molecule has 0 aromatic heterocycles. The molecule has 1 aliphatic heterocycles. The summed E-state index contributed by atoms with van der Waals surface area (Å²) in [6.07, 6.45) is -3.34. The molecule has 186 valence electrons. The predicted molar refractivity (Wildman–Crippen MR) is 129 cm³/mol. The summed E-state index contributed by atoms with van der Waals surface area (Å²) in [4.78, 5) is 0. The van der Waals surface area contributed by atoms with Crippen molar-refractivity contribution in [3.05, 3.63) is 76.3 Å². The molecule has 0 unspecified atom stereocenters. The second-order valence-corrected chi connectivity index (χ2v) is 8.70. The zero-order chi connectivity index (χ0) is 24.7. The van der Waals surface area contributed by atoms with Gasteiger partial charge in [0.05, 0.1) is 19.8 Å². The lowest BCUT2D eigenvalue weighted by atomic mass is 9.89. The third-order valence-electron chi connectivity index (χ3n) is 5.92. The van der Waals surface area contributed by atoms with E-state index in [2.05, 4.69) is 25.6 Å². The van der Waals surface area contributed by atoms with Crippen LogP contribution in [0.2, 0.25) is 5.02 Å². The summed E-state index contributed by atoms with van der Waals surface area (Å²) in [7, 11) is 0. The minimum absolute atomic E-state index is 0.215. The van der Waals surface area contributed by atoms with Gasteiger partial charge in [-0.15, -0.1) is 6.58 Å². The molecule has 0 spiro atoms. The largest absolute Gasteiger partial charge is 0.491 e. The highest BCUT2D eigenvalue weighted by Gasteiger charge is 2.45. The quantitative estimate of drug-likeness (QED) is 0.282. The van der Waals surface area contributed by atoms with Gasteiger partial charge in [0.15, 0.2) is 0 Å². The lowest BCUT2D eigenvalue weighted by Crippen LogP contribution is -2.55. The van der Waals surface area contributed by atoms with Crippen LogP contribution in [0.25, 0.3) is 0 Å². The summed E-state index contributed by atoms with van der Waals surface area (Å²) in [6, 6.07) is 11.7. The maximum Gasteiger partial charge on any atom is 0.126 e. The van der Waals surface area contributed by atoms with Crippen molar-refractivity contribution in [1.29, 1.82) is 0 Å². The number of benzene rings is 2. The van der Waals surface area contributed by atoms with Crippen molar-refractivity contribution in [2.75, 3.05) is 26.4 Å². The maximum absolute atomic E-state index is 10.7. The van der Waals surface area contributed by atoms with Gasteiger partial charge in [0.25, 0.3) is 0 Å². The lowest BCUT2D eigenvalue weighted by Gasteiger charge is -2.40. The second kappa shape index (κ2) is 12.7. The molecule has 0 saturated carbocycles. The summed E-state index contributed by atoms with van der Waals surface area (Å²) in [5.41, 5.74) is 3.54. The Labute approximate surface area is 205 Å². The van der Waals surface area contributed by atoms with Crippen LogP contribution in [0.15, 0.2) is 49.1 Å². The van der Waals surface area contributed by atoms with Gasteiger partial charge in [0.1, 0.15) is 42.9 Å². The van der Waals surface area contributed by atoms with E-state index in [4.69, 9.17) is 25.8 Å². The molecule has 2 aromatic rings. The summed E-state index contributed by atoms with van der Waals surface area (Å²) in [5, 5.41) is 41.3. The molecule has 1 saturated heterocycles. The van der Waals surface area contributed by atoms with Crippen LogP contribution in [0.3, 0.4) is 0 Å². The Morgan fingerprint density at radius 3 is 2.38 bits per heavy atom. The minimum atomic E-state index is -1.50. The van der Waals surface area contributed by atoms with Crippen molar-refractivity contribution >= 4 is 11.6 Å². The van der Waals surface area contributed by atoms with Gasteiger partial charge >= 0.3 is 0 Å². The van der Waals surface area contributed by atoms with Crippen LogP contribution in [0, 0.1) is 0 Å². The van der Waals surface area contributed by atoms with Crippen LogP contribution < -0.4 is 4.74 Å². The molecule has 5 atom stereocenters. The molecule has 3 rings (SSSR count). The molecule has 8 heteroatoms. The van der Waals surface area contributed by atoms with Crippen molar-refractivity contribution < 1.29 is 34.6 Å². The first-order valence-corrected chi connectivity index (χ1v) is 11.8. The monoisotopic (exact) mass is 492 g/mol. The number of ether oxygens (including phenoxy) is 3. The van der Waals surface area contributed by atoms with E-state index in [0.29, 0.717) is 36.0 Å². The highest BCUT2D eigenvalue weighted by molar-refractivity contribution is 6.31. The van der Waals surface area contributed by atoms with Crippen molar-refractivity contribution in [3.8, 4) is 5.75 Å². The van der Waals surface area contributed by atoms with Crippen LogP contribution >= 0.6 is 11.6 Å². The molecule has 0 bridgehead atoms. The number of rotatable bonds is 11. The fourth-order valence-electron chi connectivity index (χ4n) is 3.95. The SMILES string of the molecule is C=CCOCCOc1cc(Cl)c(Cc2ccc(CC)cc2)cc1[C@@H]1O[C@H](CO)[C@@H](O)[C@H](O)[C@H]1O. The highest BCUT2D eigenvalue weighted by Crippen LogP contribution is 2.40. The van der Waals surface area contributed by atoms with Crippen LogP contribution in [0.4, 0.5) is 0 Å². The van der Waals surface area contributed by atoms with Gasteiger partial charge in [-0.3, -0.25) is 0 Å². The van der Waals surface area contributed by atoms with Crippen LogP contribution in [0.1, 0.15) is 35.3 Å². The molecule has 1 fully saturated rings. The second-order valence-electron chi connectivity index (χ2n) is 8.29. The Bertz CT molecular complexity index is 931. The number of hydrogen-bond donors (Lipinski definition) is 4. The molecule has 2 aromatic carbocycles. The summed E-state index contributed by atoms with van der Waals surface area (Å²) in [6.45, 7) is 6.09. The molecule has 0 radical (unpaired) electrons. The fraction of sp³-hybridized carbons (Fsp3) is 0.462. The molecule has 1 aliphatic rings. The smallest absolute Gasteiger partial charge is 0.126 e. The third-order valence-corrected chi connectivity index (χ3v) is 6.28. The summed E-state index contributed by atoms with van der Waals surface area (Å²) >= 11 is 6.60. The fourth-order valence-corrected chi connectivity index (χ4v) is 4.17. The number of aliphatic hydroxyl groups excluding tert-OH is 4. The molecule has 4 N–H and O–H groups in total. The zero-order valence-corrected chi connectivity index (χ0v) is 20.0. The molecular formula is C26H33ClO7. The molecule has 7 nitrogen and oxygen atoms in total. The Morgan fingerprint density at radius 2 is 1.74 bits per heavy atom. The molecular weight excluding hydrogens is 460 g/mol. The van der Waals surface area contributed by atoms with Gasteiger partial charge < -0.3 is 34.6 Å². The van der Waals surface area contributed by atoms with Crippen molar-refractivity contribution in [2.45, 2.75) is 50.3 Å². The van der Waals surface area contributed by atoms with E-state index in [1.54, 1.807) is 18.2 Å². The van der Waals surface area contributed by atoms with Gasteiger partial charge in [0, 0.05) is 10.6 Å². The molecule has 1 heterocycles. The highest BCUT2D eigenvalue weighted by atomic mass is 35.5. The standard InChI is InChI=1S/C26H33ClO7/c1-3-9-32-10-11-33-21-14-20(27)18(12-17-7-5-16(4-2)6-8-17)13-19(21)26-25(31)24(30)23(29)22(15-28)34-26/h3,5-8,13-14,22-26,28-31H,1,4,9-12,15H2,2H3/t22-,23-,24+,25-,26+/m1/s1. The van der Waals surface area contributed by atoms with E-state index in [0.717, 1.165) is 17.5 Å². The van der Waals surface area contributed by atoms with Gasteiger partial charge in [-0.1, -0.05) is 48.9 Å². The normalized spacial score (nSPS) is 24.7. The van der Waals surface area contributed by atoms with E-state index in [-0.39, 0.29) is 6.61 Å². The Balaban J connectivity index is 1.93. The van der Waals surface area contributed by atoms with Gasteiger partial charge in [-0.05, 0) is 41.7 Å². The molecule has 0 aliphatic carbocycles. The van der Waals surface area contributed by atoms with Crippen molar-refractivity contribution in [3.63, 3.8) is 0 Å². The first-order valence-electron chi connectivity index (χ1n) is 11.4. The number of halogens is 1. The predicted octanol–water partition coefficient (Wildman–Crippen LogP) is 2.59. The van der Waals surface area contributed by atoms with Gasteiger partial charge in [0.2, 0.25) is 0 Å². The van der Waals surface area contributed by atoms with Crippen LogP contribution in [0.5, 0.6) is 5.75 Å². The van der Waals surface area contributed by atoms with Gasteiger partial charge in [-0.25, -0.2) is 0 Å². The first-order chi connectivity index (χ1) is 16.4. The third kappa shape index (κ3) is 6.37. The van der Waals surface area contributed by atoms with Gasteiger partial charge in [-0.2, -0.15) is 0 Å². The van der Waals surface area contributed by atoms with Crippen LogP contribution in [-0.4, -0.2) is 71.3 Å². The average Bonchev–Trinajstić information content (AvgIpc) is 2.85. The Kier molecular flexibility index (Phi) is 9.91. The Hall–Kier alpha value is -1.97. The van der Waals surface area contributed by atoms with E-state index in [9.17, 15) is 20.4 Å². The minimum Gasteiger partial charge on any atom is -0.491 e.